The van der Waals surface area contributed by atoms with E-state index in [9.17, 15) is 9.59 Å². The third-order valence-corrected chi connectivity index (χ3v) is 5.34. The van der Waals surface area contributed by atoms with Gasteiger partial charge in [0.25, 0.3) is 5.91 Å². The van der Waals surface area contributed by atoms with Crippen LogP contribution >= 0.6 is 23.1 Å². The molecule has 2 amide bonds. The topological polar surface area (TPSA) is 106 Å². The van der Waals surface area contributed by atoms with Crippen LogP contribution in [0.15, 0.2) is 46.9 Å². The maximum atomic E-state index is 12.2. The Hall–Kier alpha value is -2.85. The zero-order chi connectivity index (χ0) is 18.6. The lowest BCUT2D eigenvalue weighted by molar-refractivity contribution is -0.135. The van der Waals surface area contributed by atoms with Crippen molar-refractivity contribution >= 4 is 34.9 Å². The lowest BCUT2D eigenvalue weighted by Gasteiger charge is -2.25. The fourth-order valence-electron chi connectivity index (χ4n) is 2.37. The van der Waals surface area contributed by atoms with Gasteiger partial charge in [-0.3, -0.25) is 20.0 Å². The van der Waals surface area contributed by atoms with Gasteiger partial charge in [0, 0.05) is 0 Å². The van der Waals surface area contributed by atoms with E-state index < -0.39 is 17.9 Å². The minimum Gasteiger partial charge on any atom is -0.485 e. The second-order valence-electron chi connectivity index (χ2n) is 5.51. The number of hydrogen-bond acceptors (Lipinski definition) is 8. The predicted octanol–water partition coefficient (Wildman–Crippen LogP) is 2.11. The highest BCUT2D eigenvalue weighted by Crippen LogP contribution is 2.30. The maximum absolute atomic E-state index is 12.2. The van der Waals surface area contributed by atoms with E-state index in [0.717, 1.165) is 16.6 Å². The van der Waals surface area contributed by atoms with Crippen molar-refractivity contribution in [1.29, 1.82) is 0 Å². The summed E-state index contributed by atoms with van der Waals surface area (Å²) in [4.78, 5) is 29.5. The number of hydrogen-bond donors (Lipinski definition) is 2. The second-order valence-corrected chi connectivity index (χ2v) is 7.40. The monoisotopic (exact) mass is 402 g/mol. The lowest BCUT2D eigenvalue weighted by Crippen LogP contribution is -2.46. The van der Waals surface area contributed by atoms with Gasteiger partial charge in [0.15, 0.2) is 17.3 Å². The maximum Gasteiger partial charge on any atom is 0.271 e. The zero-order valence-corrected chi connectivity index (χ0v) is 15.5. The number of nitrogens with one attached hydrogen (secondary N) is 2. The van der Waals surface area contributed by atoms with Crippen LogP contribution in [0.5, 0.6) is 11.5 Å². The summed E-state index contributed by atoms with van der Waals surface area (Å²) in [5, 5.41) is 11.6. The molecule has 0 aliphatic carbocycles. The Balaban J connectivity index is 1.28. The van der Waals surface area contributed by atoms with Gasteiger partial charge in [-0.2, -0.15) is 0 Å². The van der Waals surface area contributed by atoms with Crippen molar-refractivity contribution in [3.05, 3.63) is 41.8 Å². The molecule has 0 unspecified atom stereocenters. The van der Waals surface area contributed by atoms with Crippen molar-refractivity contribution in [2.45, 2.75) is 11.3 Å². The number of thiophene rings is 1. The Kier molecular flexibility index (Phi) is 5.07. The minimum atomic E-state index is -0.872. The van der Waals surface area contributed by atoms with E-state index in [0.29, 0.717) is 22.5 Å². The van der Waals surface area contributed by atoms with Crippen LogP contribution < -0.4 is 14.8 Å². The van der Waals surface area contributed by atoms with Crippen molar-refractivity contribution < 1.29 is 19.1 Å². The van der Waals surface area contributed by atoms with E-state index in [2.05, 4.69) is 20.5 Å². The molecular formula is C17H14N4O4S2. The molecule has 138 valence electrons. The number of aromatic nitrogens is 3. The molecule has 0 radical (unpaired) electrons. The quantitative estimate of drug-likeness (QED) is 0.630. The van der Waals surface area contributed by atoms with Gasteiger partial charge in [-0.05, 0) is 23.6 Å². The molecule has 0 fully saturated rings. The van der Waals surface area contributed by atoms with Gasteiger partial charge in [-0.15, -0.1) is 16.4 Å². The number of ether oxygens (including phenoxy) is 2. The van der Waals surface area contributed by atoms with Crippen LogP contribution in [0, 0.1) is 0 Å². The largest absolute Gasteiger partial charge is 0.485 e. The average molecular weight is 402 g/mol. The first kappa shape index (κ1) is 17.6. The smallest absolute Gasteiger partial charge is 0.271 e. The number of rotatable bonds is 5. The summed E-state index contributed by atoms with van der Waals surface area (Å²) in [6, 6.07) is 10.9. The number of carbonyl (C=O) groups is 2. The number of benzene rings is 1. The second kappa shape index (κ2) is 7.80. The molecule has 0 bridgehead atoms. The molecule has 1 atom stereocenters. The third kappa shape index (κ3) is 4.12. The first-order valence-electron chi connectivity index (χ1n) is 8.00. The molecule has 4 rings (SSSR count). The van der Waals surface area contributed by atoms with Crippen molar-refractivity contribution in [2.75, 3.05) is 12.4 Å². The van der Waals surface area contributed by atoms with E-state index in [1.54, 1.807) is 29.5 Å². The number of H-pyrrole nitrogens is 1. The van der Waals surface area contributed by atoms with E-state index in [1.807, 2.05) is 23.6 Å². The van der Waals surface area contributed by atoms with Crippen LogP contribution in [0.25, 0.3) is 10.7 Å². The zero-order valence-electron chi connectivity index (χ0n) is 13.9. The van der Waals surface area contributed by atoms with E-state index >= 15 is 0 Å². The molecule has 2 aromatic heterocycles. The van der Waals surface area contributed by atoms with Gasteiger partial charge in [-0.25, -0.2) is 4.98 Å². The van der Waals surface area contributed by atoms with Gasteiger partial charge in [0.2, 0.25) is 17.2 Å². The van der Waals surface area contributed by atoms with Crippen LogP contribution in [-0.4, -0.2) is 45.5 Å². The molecule has 10 heteroatoms. The Morgan fingerprint density at radius 1 is 1.26 bits per heavy atom. The third-order valence-electron chi connectivity index (χ3n) is 3.62. The number of imide groups is 1. The Bertz CT molecular complexity index is 958. The van der Waals surface area contributed by atoms with E-state index in [-0.39, 0.29) is 12.4 Å². The van der Waals surface area contributed by atoms with Gasteiger partial charge >= 0.3 is 0 Å². The Labute approximate surface area is 162 Å². The van der Waals surface area contributed by atoms with Crippen LogP contribution in [0.1, 0.15) is 0 Å². The molecule has 3 aromatic rings. The molecule has 0 spiro atoms. The van der Waals surface area contributed by atoms with Gasteiger partial charge in [-0.1, -0.05) is 30.0 Å². The molecule has 0 saturated carbocycles. The standard InChI is InChI=1S/C17H14N4O4S2/c22-14(9-27-17-19-15(20-21-17)13-6-3-7-26-13)18-16(23)12-8-24-10-4-1-2-5-11(10)25-12/h1-7,12H,8-9H2,(H,18,22,23)(H,19,20,21)/t12-/m0/s1. The van der Waals surface area contributed by atoms with Crippen molar-refractivity contribution in [3.63, 3.8) is 0 Å². The molecule has 1 aliphatic rings. The van der Waals surface area contributed by atoms with Crippen molar-refractivity contribution in [3.8, 4) is 22.2 Å². The highest BCUT2D eigenvalue weighted by molar-refractivity contribution is 7.99. The number of nitrogens with zero attached hydrogens (tertiary/aromatic N) is 2. The van der Waals surface area contributed by atoms with Crippen LogP contribution in [0.2, 0.25) is 0 Å². The number of aromatic amines is 1. The molecule has 2 N–H and O–H groups in total. The highest BCUT2D eigenvalue weighted by atomic mass is 32.2. The number of fused-ring (bicyclic) bond motifs is 1. The number of thioether (sulfide) groups is 1. The summed E-state index contributed by atoms with van der Waals surface area (Å²) in [5.41, 5.74) is 0. The molecule has 1 aliphatic heterocycles. The normalized spacial score (nSPS) is 15.3. The SMILES string of the molecule is O=C(CSc1n[nH]c(-c2cccs2)n1)NC(=O)[C@@H]1COc2ccccc2O1. The van der Waals surface area contributed by atoms with E-state index in [4.69, 9.17) is 9.47 Å². The minimum absolute atomic E-state index is 0.0115. The van der Waals surface area contributed by atoms with E-state index in [1.165, 1.54) is 0 Å². The molecular weight excluding hydrogens is 388 g/mol. The average Bonchev–Trinajstić information content (AvgIpc) is 3.37. The van der Waals surface area contributed by atoms with Crippen LogP contribution in [0.4, 0.5) is 0 Å². The van der Waals surface area contributed by atoms with Crippen molar-refractivity contribution in [1.82, 2.24) is 20.5 Å². The summed E-state index contributed by atoms with van der Waals surface area (Å²) in [5.74, 6) is 0.731. The summed E-state index contributed by atoms with van der Waals surface area (Å²) < 4.78 is 11.1. The Morgan fingerprint density at radius 2 is 2.11 bits per heavy atom. The fraction of sp³-hybridized carbons (Fsp3) is 0.176. The van der Waals surface area contributed by atoms with Gasteiger partial charge < -0.3 is 9.47 Å². The van der Waals surface area contributed by atoms with Crippen LogP contribution in [0.3, 0.4) is 0 Å². The first-order valence-corrected chi connectivity index (χ1v) is 9.87. The van der Waals surface area contributed by atoms with Gasteiger partial charge in [0.05, 0.1) is 10.6 Å². The van der Waals surface area contributed by atoms with Crippen LogP contribution in [-0.2, 0) is 9.59 Å². The molecule has 3 heterocycles. The number of carbonyl (C=O) groups excluding carboxylic acids is 2. The lowest BCUT2D eigenvalue weighted by atomic mass is 10.2. The summed E-state index contributed by atoms with van der Waals surface area (Å²) in [7, 11) is 0. The fourth-order valence-corrected chi connectivity index (χ4v) is 3.63. The summed E-state index contributed by atoms with van der Waals surface area (Å²) in [6.07, 6.45) is -0.872. The Morgan fingerprint density at radius 3 is 2.93 bits per heavy atom. The molecule has 8 nitrogen and oxygen atoms in total. The van der Waals surface area contributed by atoms with Gasteiger partial charge in [0.1, 0.15) is 6.61 Å². The predicted molar refractivity (Wildman–Crippen MR) is 99.9 cm³/mol. The molecule has 27 heavy (non-hydrogen) atoms. The number of para-hydroxylation sites is 2. The van der Waals surface area contributed by atoms with Crippen molar-refractivity contribution in [2.24, 2.45) is 0 Å². The first-order chi connectivity index (χ1) is 13.2. The summed E-state index contributed by atoms with van der Waals surface area (Å²) in [6.45, 7) is 0.0500. The number of amides is 2. The highest BCUT2D eigenvalue weighted by Gasteiger charge is 2.28. The summed E-state index contributed by atoms with van der Waals surface area (Å²) >= 11 is 2.68. The molecule has 0 saturated heterocycles. The molecule has 1 aromatic carbocycles.